The predicted octanol–water partition coefficient (Wildman–Crippen LogP) is 6.69. The highest BCUT2D eigenvalue weighted by atomic mass is 14.9. The minimum atomic E-state index is 1.05. The van der Waals surface area contributed by atoms with Crippen molar-refractivity contribution in [2.45, 2.75) is 13.3 Å². The number of fused-ring (bicyclic) bond motifs is 9. The molecule has 0 atom stereocenters. The summed E-state index contributed by atoms with van der Waals surface area (Å²) in [5, 5.41) is 10.6. The highest BCUT2D eigenvalue weighted by Crippen LogP contribution is 2.37. The number of hydrogen-bond acceptors (Lipinski definition) is 0. The fourth-order valence-corrected chi connectivity index (χ4v) is 5.08. The molecule has 0 saturated carbocycles. The highest BCUT2D eigenvalue weighted by molar-refractivity contribution is 6.24. The molecular weight excluding hydrogens is 340 g/mol. The van der Waals surface area contributed by atoms with Gasteiger partial charge in [-0.2, -0.15) is 0 Å². The lowest BCUT2D eigenvalue weighted by Crippen LogP contribution is -1.94. The van der Waals surface area contributed by atoms with Crippen molar-refractivity contribution in [2.75, 3.05) is 0 Å². The van der Waals surface area contributed by atoms with Gasteiger partial charge >= 0.3 is 0 Å². The molecule has 0 fully saturated rings. The fraction of sp³-hybridized carbons (Fsp3) is 0.154. The van der Waals surface area contributed by atoms with Crippen LogP contribution in [0.1, 0.15) is 12.6 Å². The van der Waals surface area contributed by atoms with Crippen LogP contribution in [-0.2, 0) is 20.5 Å². The molecule has 2 aromatic heterocycles. The minimum Gasteiger partial charge on any atom is -0.350 e. The Morgan fingerprint density at radius 3 is 1.82 bits per heavy atom. The molecule has 2 heteroatoms. The van der Waals surface area contributed by atoms with E-state index in [1.165, 1.54) is 59.8 Å². The second-order valence-electron chi connectivity index (χ2n) is 7.90. The van der Waals surface area contributed by atoms with Crippen LogP contribution < -0.4 is 0 Å². The van der Waals surface area contributed by atoms with Crippen LogP contribution in [0.5, 0.6) is 0 Å². The zero-order valence-corrected chi connectivity index (χ0v) is 16.5. The Kier molecular flexibility index (Phi) is 3.03. The molecule has 28 heavy (non-hydrogen) atoms. The van der Waals surface area contributed by atoms with Gasteiger partial charge in [-0.25, -0.2) is 0 Å². The molecule has 0 spiro atoms. The highest BCUT2D eigenvalue weighted by Gasteiger charge is 2.12. The Morgan fingerprint density at radius 2 is 1.14 bits per heavy atom. The maximum atomic E-state index is 2.36. The number of nitrogens with zero attached hydrogens (tertiary/aromatic N) is 2. The number of aromatic nitrogens is 2. The van der Waals surface area contributed by atoms with Crippen molar-refractivity contribution < 1.29 is 0 Å². The molecule has 0 bridgehead atoms. The summed E-state index contributed by atoms with van der Waals surface area (Å²) >= 11 is 0. The summed E-state index contributed by atoms with van der Waals surface area (Å²) in [5.74, 6) is 0. The van der Waals surface area contributed by atoms with Gasteiger partial charge in [0, 0.05) is 47.5 Å². The summed E-state index contributed by atoms with van der Waals surface area (Å²) in [6, 6.07) is 22.8. The van der Waals surface area contributed by atoms with Gasteiger partial charge in [-0.15, -0.1) is 0 Å². The quantitative estimate of drug-likeness (QED) is 0.288. The number of benzene rings is 4. The summed E-state index contributed by atoms with van der Waals surface area (Å²) in [4.78, 5) is 0. The number of aryl methyl sites for hydroxylation is 3. The van der Waals surface area contributed by atoms with Gasteiger partial charge in [-0.1, -0.05) is 55.5 Å². The molecule has 0 aliphatic rings. The fourth-order valence-electron chi connectivity index (χ4n) is 5.08. The van der Waals surface area contributed by atoms with E-state index in [1.54, 1.807) is 0 Å². The van der Waals surface area contributed by atoms with E-state index in [9.17, 15) is 0 Å². The van der Waals surface area contributed by atoms with Gasteiger partial charge in [0.25, 0.3) is 0 Å². The maximum Gasteiger partial charge on any atom is 0.0559 e. The van der Waals surface area contributed by atoms with Crippen LogP contribution in [0.25, 0.3) is 54.1 Å². The summed E-state index contributed by atoms with van der Waals surface area (Å²) in [6.45, 7) is 2.22. The van der Waals surface area contributed by atoms with Crippen molar-refractivity contribution >= 4 is 54.1 Å². The number of hydrogen-bond donors (Lipinski definition) is 0. The van der Waals surface area contributed by atoms with Gasteiger partial charge in [0.2, 0.25) is 0 Å². The minimum absolute atomic E-state index is 1.05. The van der Waals surface area contributed by atoms with E-state index in [-0.39, 0.29) is 0 Å². The van der Waals surface area contributed by atoms with Crippen LogP contribution in [0, 0.1) is 0 Å². The monoisotopic (exact) mass is 362 g/mol. The topological polar surface area (TPSA) is 9.86 Å². The Balaban J connectivity index is 1.79. The first-order chi connectivity index (χ1) is 13.7. The smallest absolute Gasteiger partial charge is 0.0559 e. The van der Waals surface area contributed by atoms with E-state index >= 15 is 0 Å². The van der Waals surface area contributed by atoms with Crippen LogP contribution >= 0.6 is 0 Å². The lowest BCUT2D eigenvalue weighted by molar-refractivity contribution is 0.868. The van der Waals surface area contributed by atoms with Crippen molar-refractivity contribution in [1.29, 1.82) is 0 Å². The Labute approximate surface area is 163 Å². The molecule has 4 aromatic carbocycles. The molecule has 6 rings (SSSR count). The summed E-state index contributed by atoms with van der Waals surface area (Å²) in [7, 11) is 4.32. The van der Waals surface area contributed by atoms with Crippen molar-refractivity contribution in [3.8, 4) is 0 Å². The van der Waals surface area contributed by atoms with Crippen molar-refractivity contribution in [2.24, 2.45) is 14.1 Å². The normalized spacial score (nSPS) is 12.2. The van der Waals surface area contributed by atoms with Crippen molar-refractivity contribution in [1.82, 2.24) is 9.13 Å². The Morgan fingerprint density at radius 1 is 0.607 bits per heavy atom. The molecule has 136 valence electrons. The Bertz CT molecular complexity index is 1560. The molecular formula is C26H22N2. The molecule has 2 nitrogen and oxygen atoms in total. The summed E-state index contributed by atoms with van der Waals surface area (Å²) < 4.78 is 4.59. The van der Waals surface area contributed by atoms with Gasteiger partial charge in [0.05, 0.1) is 11.0 Å². The molecule has 0 saturated heterocycles. The lowest BCUT2D eigenvalue weighted by atomic mass is 9.95. The van der Waals surface area contributed by atoms with Gasteiger partial charge in [0.15, 0.2) is 0 Å². The zero-order chi connectivity index (χ0) is 19.0. The van der Waals surface area contributed by atoms with E-state index in [0.717, 1.165) is 6.42 Å². The van der Waals surface area contributed by atoms with Crippen LogP contribution in [0.4, 0.5) is 0 Å². The predicted molar refractivity (Wildman–Crippen MR) is 121 cm³/mol. The SMILES string of the molecule is CCc1cc2ccc3c4ccc5c(ccc6ccn(C)c65)c4ccc3c2n1C. The van der Waals surface area contributed by atoms with Gasteiger partial charge in [-0.05, 0) is 40.1 Å². The zero-order valence-electron chi connectivity index (χ0n) is 16.5. The van der Waals surface area contributed by atoms with Gasteiger partial charge in [-0.3, -0.25) is 0 Å². The third kappa shape index (κ3) is 1.87. The third-order valence-corrected chi connectivity index (χ3v) is 6.48. The number of rotatable bonds is 1. The van der Waals surface area contributed by atoms with E-state index < -0.39 is 0 Å². The molecule has 0 aliphatic carbocycles. The van der Waals surface area contributed by atoms with Gasteiger partial charge in [0.1, 0.15) is 0 Å². The van der Waals surface area contributed by atoms with Crippen LogP contribution in [0.2, 0.25) is 0 Å². The molecule has 0 radical (unpaired) electrons. The lowest BCUT2D eigenvalue weighted by Gasteiger charge is -2.11. The average Bonchev–Trinajstić information content (AvgIpc) is 3.27. The Hall–Kier alpha value is -3.26. The third-order valence-electron chi connectivity index (χ3n) is 6.48. The average molecular weight is 362 g/mol. The second kappa shape index (κ2) is 5.39. The van der Waals surface area contributed by atoms with E-state index in [2.05, 4.69) is 97.0 Å². The molecule has 6 aromatic rings. The first-order valence-electron chi connectivity index (χ1n) is 9.98. The van der Waals surface area contributed by atoms with Crippen molar-refractivity contribution in [3.05, 3.63) is 72.6 Å². The van der Waals surface area contributed by atoms with Gasteiger partial charge < -0.3 is 9.13 Å². The van der Waals surface area contributed by atoms with Crippen molar-refractivity contribution in [3.63, 3.8) is 0 Å². The maximum absolute atomic E-state index is 2.36. The molecule has 2 heterocycles. The van der Waals surface area contributed by atoms with E-state index in [0.29, 0.717) is 0 Å². The molecule has 0 aliphatic heterocycles. The van der Waals surface area contributed by atoms with E-state index in [4.69, 9.17) is 0 Å². The van der Waals surface area contributed by atoms with Crippen LogP contribution in [0.15, 0.2) is 66.9 Å². The molecule has 0 N–H and O–H groups in total. The standard InChI is InChI=1S/C26H22N2/c1-4-18-15-17-6-8-22-20-9-11-23-21(7-5-16-13-14-27(2)25(16)23)19(20)10-12-24(22)26(17)28(18)3/h5-15H,4H2,1-3H3. The van der Waals surface area contributed by atoms with Crippen LogP contribution in [0.3, 0.4) is 0 Å². The van der Waals surface area contributed by atoms with Crippen LogP contribution in [-0.4, -0.2) is 9.13 Å². The summed E-state index contributed by atoms with van der Waals surface area (Å²) in [5.41, 5.74) is 4.03. The first kappa shape index (κ1) is 15.8. The molecule has 0 unspecified atom stereocenters. The second-order valence-corrected chi connectivity index (χ2v) is 7.90. The largest absolute Gasteiger partial charge is 0.350 e. The molecule has 0 amide bonds. The van der Waals surface area contributed by atoms with E-state index in [1.807, 2.05) is 0 Å². The first-order valence-corrected chi connectivity index (χ1v) is 9.98. The summed E-state index contributed by atoms with van der Waals surface area (Å²) in [6.07, 6.45) is 3.20.